The average Bonchev–Trinajstić information content (AvgIpc) is 2.64. The Bertz CT molecular complexity index is 740. The summed E-state index contributed by atoms with van der Waals surface area (Å²) in [6.07, 6.45) is 7.38. The minimum Gasteiger partial charge on any atom is -0.211 e. The maximum atomic E-state index is 10.6. The van der Waals surface area contributed by atoms with Crippen LogP contribution < -0.4 is 0 Å². The summed E-state index contributed by atoms with van der Waals surface area (Å²) in [6.45, 7) is 0. The van der Waals surface area contributed by atoms with Crippen molar-refractivity contribution >= 4 is 23.5 Å². The van der Waals surface area contributed by atoms with Crippen molar-refractivity contribution in [3.8, 4) is 0 Å². The van der Waals surface area contributed by atoms with Crippen LogP contribution in [0.1, 0.15) is 48.6 Å². The van der Waals surface area contributed by atoms with Crippen LogP contribution in [-0.4, -0.2) is 12.2 Å². The largest absolute Gasteiger partial charge is 0.240 e. The third-order valence-electron chi connectivity index (χ3n) is 4.81. The molecule has 0 atom stereocenters. The lowest BCUT2D eigenvalue weighted by Gasteiger charge is -2.30. The molecule has 1 fully saturated rings. The van der Waals surface area contributed by atoms with Gasteiger partial charge in [-0.25, -0.2) is 9.59 Å². The van der Waals surface area contributed by atoms with Crippen molar-refractivity contribution in [1.82, 2.24) is 0 Å². The van der Waals surface area contributed by atoms with Gasteiger partial charge in [-0.3, -0.25) is 0 Å². The summed E-state index contributed by atoms with van der Waals surface area (Å²) in [5.74, 6) is 0.799. The molecule has 1 saturated carbocycles. The molecule has 0 radical (unpaired) electrons. The van der Waals surface area contributed by atoms with Crippen LogP contribution in [-0.2, 0) is 9.59 Å². The smallest absolute Gasteiger partial charge is 0.211 e. The van der Waals surface area contributed by atoms with E-state index >= 15 is 0 Å². The molecule has 1 aliphatic rings. The molecule has 4 heteroatoms. The average molecular weight is 318 g/mol. The Morgan fingerprint density at radius 3 is 1.42 bits per heavy atom. The summed E-state index contributed by atoms with van der Waals surface area (Å²) in [5, 5.41) is 0. The molecule has 0 N–H and O–H groups in total. The molecular formula is C20H18N2O2. The first-order valence-corrected chi connectivity index (χ1v) is 8.17. The van der Waals surface area contributed by atoms with Crippen molar-refractivity contribution < 1.29 is 9.59 Å². The van der Waals surface area contributed by atoms with Gasteiger partial charge in [0.1, 0.15) is 0 Å². The Morgan fingerprint density at radius 1 is 0.667 bits per heavy atom. The highest BCUT2D eigenvalue weighted by atomic mass is 16.1. The molecule has 4 nitrogen and oxygen atoms in total. The van der Waals surface area contributed by atoms with Gasteiger partial charge in [-0.2, -0.15) is 9.98 Å². The predicted molar refractivity (Wildman–Crippen MR) is 92.4 cm³/mol. The minimum absolute atomic E-state index is 0.399. The number of rotatable bonds is 4. The zero-order chi connectivity index (χ0) is 16.8. The van der Waals surface area contributed by atoms with Crippen molar-refractivity contribution in [3.63, 3.8) is 0 Å². The van der Waals surface area contributed by atoms with Gasteiger partial charge in [-0.15, -0.1) is 0 Å². The number of benzene rings is 2. The van der Waals surface area contributed by atoms with E-state index in [0.29, 0.717) is 11.8 Å². The molecule has 0 amide bonds. The molecule has 2 aromatic rings. The lowest BCUT2D eigenvalue weighted by Crippen LogP contribution is -2.12. The number of nitrogens with zero attached hydrogens (tertiary/aromatic N) is 2. The van der Waals surface area contributed by atoms with Crippen LogP contribution in [0.25, 0.3) is 0 Å². The van der Waals surface area contributed by atoms with Gasteiger partial charge in [-0.05, 0) is 60.8 Å². The van der Waals surface area contributed by atoms with Crippen LogP contribution in [0.15, 0.2) is 58.5 Å². The quantitative estimate of drug-likeness (QED) is 0.584. The Kier molecular flexibility index (Phi) is 5.12. The SMILES string of the molecule is O=C=Nc1ccccc1C1CCC(c2ccccc2N=C=O)CC1. The van der Waals surface area contributed by atoms with Crippen molar-refractivity contribution in [2.45, 2.75) is 37.5 Å². The van der Waals surface area contributed by atoms with Crippen molar-refractivity contribution in [2.24, 2.45) is 9.98 Å². The van der Waals surface area contributed by atoms with E-state index in [0.717, 1.165) is 48.2 Å². The van der Waals surface area contributed by atoms with E-state index < -0.39 is 0 Å². The zero-order valence-corrected chi connectivity index (χ0v) is 13.3. The van der Waals surface area contributed by atoms with Crippen LogP contribution >= 0.6 is 0 Å². The highest BCUT2D eigenvalue weighted by molar-refractivity contribution is 5.56. The van der Waals surface area contributed by atoms with Crippen LogP contribution in [0.2, 0.25) is 0 Å². The second-order valence-corrected chi connectivity index (χ2v) is 6.07. The first kappa shape index (κ1) is 16.1. The van der Waals surface area contributed by atoms with Gasteiger partial charge in [0, 0.05) is 0 Å². The van der Waals surface area contributed by atoms with Crippen LogP contribution in [0.4, 0.5) is 11.4 Å². The molecule has 2 aromatic carbocycles. The topological polar surface area (TPSA) is 58.9 Å². The fraction of sp³-hybridized carbons (Fsp3) is 0.300. The van der Waals surface area contributed by atoms with E-state index in [4.69, 9.17) is 0 Å². The van der Waals surface area contributed by atoms with Gasteiger partial charge in [-0.1, -0.05) is 36.4 Å². The van der Waals surface area contributed by atoms with Gasteiger partial charge in [0.15, 0.2) is 0 Å². The molecule has 0 heterocycles. The van der Waals surface area contributed by atoms with E-state index in [-0.39, 0.29) is 0 Å². The maximum absolute atomic E-state index is 10.6. The van der Waals surface area contributed by atoms with Gasteiger partial charge < -0.3 is 0 Å². The lowest BCUT2D eigenvalue weighted by molar-refractivity contribution is 0.397. The molecule has 0 bridgehead atoms. The third kappa shape index (κ3) is 3.41. The normalized spacial score (nSPS) is 19.8. The number of isocyanates is 2. The first-order chi connectivity index (χ1) is 11.8. The zero-order valence-electron chi connectivity index (χ0n) is 13.3. The standard InChI is InChI=1S/C20H18N2O2/c23-13-21-19-7-3-1-5-17(19)15-9-11-16(12-10-15)18-6-2-4-8-20(18)22-14-24/h1-8,15-16H,9-12H2. The Labute approximate surface area is 141 Å². The number of hydrogen-bond donors (Lipinski definition) is 0. The Morgan fingerprint density at radius 2 is 1.04 bits per heavy atom. The van der Waals surface area contributed by atoms with E-state index in [9.17, 15) is 9.59 Å². The molecule has 0 spiro atoms. The second-order valence-electron chi connectivity index (χ2n) is 6.07. The number of carbonyl (C=O) groups excluding carboxylic acids is 2. The molecule has 0 aromatic heterocycles. The minimum atomic E-state index is 0.399. The second kappa shape index (κ2) is 7.65. The third-order valence-corrected chi connectivity index (χ3v) is 4.81. The highest BCUT2D eigenvalue weighted by Crippen LogP contribution is 2.44. The summed E-state index contributed by atoms with van der Waals surface area (Å²) in [7, 11) is 0. The van der Waals surface area contributed by atoms with Crippen LogP contribution in [0.3, 0.4) is 0 Å². The van der Waals surface area contributed by atoms with Crippen LogP contribution in [0, 0.1) is 0 Å². The van der Waals surface area contributed by atoms with E-state index in [1.165, 1.54) is 0 Å². The van der Waals surface area contributed by atoms with E-state index in [1.807, 2.05) is 48.5 Å². The van der Waals surface area contributed by atoms with Gasteiger partial charge >= 0.3 is 0 Å². The highest BCUT2D eigenvalue weighted by Gasteiger charge is 2.26. The molecule has 24 heavy (non-hydrogen) atoms. The fourth-order valence-corrected chi connectivity index (χ4v) is 3.68. The van der Waals surface area contributed by atoms with Gasteiger partial charge in [0.2, 0.25) is 12.2 Å². The Hall–Kier alpha value is -2.80. The molecular weight excluding hydrogens is 300 g/mol. The fourth-order valence-electron chi connectivity index (χ4n) is 3.68. The first-order valence-electron chi connectivity index (χ1n) is 8.17. The van der Waals surface area contributed by atoms with Gasteiger partial charge in [0.25, 0.3) is 0 Å². The van der Waals surface area contributed by atoms with Crippen molar-refractivity contribution in [2.75, 3.05) is 0 Å². The van der Waals surface area contributed by atoms with E-state index in [2.05, 4.69) is 9.98 Å². The summed E-state index contributed by atoms with van der Waals surface area (Å²) in [5.41, 5.74) is 3.70. The van der Waals surface area contributed by atoms with Crippen LogP contribution in [0.5, 0.6) is 0 Å². The van der Waals surface area contributed by atoms with Crippen molar-refractivity contribution in [3.05, 3.63) is 59.7 Å². The molecule has 0 aliphatic heterocycles. The number of hydrogen-bond acceptors (Lipinski definition) is 4. The molecule has 120 valence electrons. The lowest BCUT2D eigenvalue weighted by atomic mass is 9.75. The summed E-state index contributed by atoms with van der Waals surface area (Å²) < 4.78 is 0. The van der Waals surface area contributed by atoms with Crippen molar-refractivity contribution in [1.29, 1.82) is 0 Å². The molecule has 0 unspecified atom stereocenters. The molecule has 1 aliphatic carbocycles. The van der Waals surface area contributed by atoms with Gasteiger partial charge in [0.05, 0.1) is 11.4 Å². The summed E-state index contributed by atoms with van der Waals surface area (Å²) >= 11 is 0. The monoisotopic (exact) mass is 318 g/mol. The summed E-state index contributed by atoms with van der Waals surface area (Å²) in [4.78, 5) is 28.9. The molecule has 0 saturated heterocycles. The summed E-state index contributed by atoms with van der Waals surface area (Å²) in [6, 6.07) is 15.6. The number of aliphatic imine (C=N–C) groups is 2. The number of para-hydroxylation sites is 2. The maximum Gasteiger partial charge on any atom is 0.240 e. The van der Waals surface area contributed by atoms with E-state index in [1.54, 1.807) is 12.2 Å². The molecule has 3 rings (SSSR count). The predicted octanol–water partition coefficient (Wildman–Crippen LogP) is 5.06. The Balaban J connectivity index is 1.78.